The van der Waals surface area contributed by atoms with E-state index in [-0.39, 0.29) is 5.82 Å². The Morgan fingerprint density at radius 2 is 2.05 bits per heavy atom. The maximum atomic E-state index is 13.6. The topological polar surface area (TPSA) is 43.6 Å². The molecule has 3 aromatic rings. The minimum absolute atomic E-state index is 0.340. The first kappa shape index (κ1) is 14.0. The molecule has 1 radical (unpaired) electrons. The molecule has 0 aliphatic rings. The SMILES string of the molecule is Cn1c(S)nnc1-c1cc(F)ccc1-c1[c]cnc(Cl)c1. The Morgan fingerprint density at radius 3 is 2.71 bits per heavy atom. The van der Waals surface area contributed by atoms with Gasteiger partial charge in [-0.2, -0.15) is 0 Å². The van der Waals surface area contributed by atoms with E-state index in [1.807, 2.05) is 0 Å². The maximum Gasteiger partial charge on any atom is 0.188 e. The molecule has 0 atom stereocenters. The monoisotopic (exact) mass is 319 g/mol. The van der Waals surface area contributed by atoms with E-state index >= 15 is 0 Å². The van der Waals surface area contributed by atoms with Crippen LogP contribution in [0.3, 0.4) is 0 Å². The fraction of sp³-hybridized carbons (Fsp3) is 0.0714. The van der Waals surface area contributed by atoms with Gasteiger partial charge >= 0.3 is 0 Å². The molecule has 0 aliphatic heterocycles. The molecule has 105 valence electrons. The molecule has 0 spiro atoms. The largest absolute Gasteiger partial charge is 0.305 e. The highest BCUT2D eigenvalue weighted by molar-refractivity contribution is 7.80. The lowest BCUT2D eigenvalue weighted by Gasteiger charge is -2.09. The van der Waals surface area contributed by atoms with Crippen molar-refractivity contribution < 1.29 is 4.39 Å². The van der Waals surface area contributed by atoms with Crippen LogP contribution in [0.4, 0.5) is 4.39 Å². The summed E-state index contributed by atoms with van der Waals surface area (Å²) in [5.41, 5.74) is 2.03. The highest BCUT2D eigenvalue weighted by Crippen LogP contribution is 2.32. The van der Waals surface area contributed by atoms with E-state index in [0.717, 1.165) is 5.56 Å². The second-order valence-corrected chi connectivity index (χ2v) is 5.14. The summed E-state index contributed by atoms with van der Waals surface area (Å²) < 4.78 is 15.3. The summed E-state index contributed by atoms with van der Waals surface area (Å²) in [6.45, 7) is 0. The van der Waals surface area contributed by atoms with Crippen molar-refractivity contribution in [3.63, 3.8) is 0 Å². The number of hydrogen-bond acceptors (Lipinski definition) is 4. The van der Waals surface area contributed by atoms with Gasteiger partial charge < -0.3 is 4.57 Å². The van der Waals surface area contributed by atoms with Crippen LogP contribution in [-0.4, -0.2) is 19.7 Å². The van der Waals surface area contributed by atoms with Gasteiger partial charge in [-0.05, 0) is 29.3 Å². The summed E-state index contributed by atoms with van der Waals surface area (Å²) >= 11 is 10.1. The second-order valence-electron chi connectivity index (χ2n) is 4.36. The predicted molar refractivity (Wildman–Crippen MR) is 80.7 cm³/mol. The Hall–Kier alpha value is -1.92. The highest BCUT2D eigenvalue weighted by atomic mass is 35.5. The van der Waals surface area contributed by atoms with Gasteiger partial charge in [-0.1, -0.05) is 17.7 Å². The van der Waals surface area contributed by atoms with Crippen molar-refractivity contribution in [2.24, 2.45) is 7.05 Å². The molecule has 7 heteroatoms. The van der Waals surface area contributed by atoms with Crippen LogP contribution in [0.2, 0.25) is 5.15 Å². The van der Waals surface area contributed by atoms with E-state index in [4.69, 9.17) is 11.6 Å². The van der Waals surface area contributed by atoms with Crippen molar-refractivity contribution >= 4 is 24.2 Å². The predicted octanol–water partition coefficient (Wildman–Crippen LogP) is 3.43. The van der Waals surface area contributed by atoms with Crippen molar-refractivity contribution in [2.45, 2.75) is 5.16 Å². The van der Waals surface area contributed by atoms with Gasteiger partial charge in [0, 0.05) is 24.9 Å². The summed E-state index contributed by atoms with van der Waals surface area (Å²) in [6, 6.07) is 9.07. The lowest BCUT2D eigenvalue weighted by Crippen LogP contribution is -1.96. The van der Waals surface area contributed by atoms with E-state index in [1.165, 1.54) is 18.3 Å². The van der Waals surface area contributed by atoms with Crippen LogP contribution in [0.1, 0.15) is 0 Å². The third-order valence-electron chi connectivity index (χ3n) is 3.04. The molecule has 21 heavy (non-hydrogen) atoms. The molecule has 2 heterocycles. The second kappa shape index (κ2) is 5.46. The number of rotatable bonds is 2. The maximum absolute atomic E-state index is 13.6. The zero-order valence-corrected chi connectivity index (χ0v) is 12.5. The van der Waals surface area contributed by atoms with Crippen molar-refractivity contribution in [3.05, 3.63) is 47.5 Å². The van der Waals surface area contributed by atoms with Gasteiger partial charge in [-0.15, -0.1) is 22.8 Å². The quantitative estimate of drug-likeness (QED) is 0.581. The number of benzene rings is 1. The fourth-order valence-corrected chi connectivity index (χ4v) is 2.31. The molecule has 0 aliphatic carbocycles. The number of nitrogens with zero attached hydrogens (tertiary/aromatic N) is 4. The van der Waals surface area contributed by atoms with Crippen LogP contribution in [-0.2, 0) is 7.05 Å². The molecule has 4 nitrogen and oxygen atoms in total. The third-order valence-corrected chi connectivity index (χ3v) is 3.63. The third kappa shape index (κ3) is 2.64. The molecule has 2 aromatic heterocycles. The van der Waals surface area contributed by atoms with Crippen LogP contribution in [0.15, 0.2) is 35.6 Å². The van der Waals surface area contributed by atoms with Crippen molar-refractivity contribution in [1.82, 2.24) is 19.7 Å². The smallest absolute Gasteiger partial charge is 0.188 e. The molecular formula is C14H9ClFN4S. The Morgan fingerprint density at radius 1 is 1.24 bits per heavy atom. The van der Waals surface area contributed by atoms with E-state index in [9.17, 15) is 4.39 Å². The van der Waals surface area contributed by atoms with E-state index in [0.29, 0.717) is 27.3 Å². The molecule has 0 bridgehead atoms. The number of halogens is 2. The Balaban J connectivity index is 2.25. The molecule has 0 saturated carbocycles. The van der Waals surface area contributed by atoms with E-state index < -0.39 is 0 Å². The van der Waals surface area contributed by atoms with Gasteiger partial charge in [0.15, 0.2) is 11.0 Å². The van der Waals surface area contributed by atoms with Gasteiger partial charge in [-0.25, -0.2) is 9.37 Å². The number of pyridine rings is 1. The normalized spacial score (nSPS) is 10.9. The average molecular weight is 320 g/mol. The Bertz CT molecular complexity index is 818. The van der Waals surface area contributed by atoms with Gasteiger partial charge in [-0.3, -0.25) is 0 Å². The molecule has 0 fully saturated rings. The van der Waals surface area contributed by atoms with Crippen LogP contribution < -0.4 is 0 Å². The summed E-state index contributed by atoms with van der Waals surface area (Å²) in [5, 5.41) is 8.70. The van der Waals surface area contributed by atoms with Crippen molar-refractivity contribution in [3.8, 4) is 22.5 Å². The van der Waals surface area contributed by atoms with Gasteiger partial charge in [0.2, 0.25) is 0 Å². The first-order valence-electron chi connectivity index (χ1n) is 5.98. The minimum Gasteiger partial charge on any atom is -0.305 e. The standard InChI is InChI=1S/C14H9ClFN4S/c1-20-13(18-19-14(20)21)11-7-9(16)2-3-10(11)8-4-5-17-12(15)6-8/h2-3,5-7H,1H3,(H,19,21). The summed E-state index contributed by atoms with van der Waals surface area (Å²) in [7, 11) is 1.76. The van der Waals surface area contributed by atoms with Crippen LogP contribution in [0.25, 0.3) is 22.5 Å². The molecule has 0 N–H and O–H groups in total. The number of hydrogen-bond donors (Lipinski definition) is 1. The van der Waals surface area contributed by atoms with Crippen LogP contribution in [0, 0.1) is 11.9 Å². The fourth-order valence-electron chi connectivity index (χ4n) is 2.01. The molecule has 3 rings (SSSR count). The zero-order chi connectivity index (χ0) is 15.0. The molecule has 1 aromatic carbocycles. The summed E-state index contributed by atoms with van der Waals surface area (Å²) in [5.74, 6) is 0.147. The summed E-state index contributed by atoms with van der Waals surface area (Å²) in [6.07, 6.45) is 1.48. The van der Waals surface area contributed by atoms with Crippen LogP contribution >= 0.6 is 24.2 Å². The van der Waals surface area contributed by atoms with E-state index in [2.05, 4.69) is 33.9 Å². The zero-order valence-electron chi connectivity index (χ0n) is 10.9. The van der Waals surface area contributed by atoms with Gasteiger partial charge in [0.1, 0.15) is 11.0 Å². The number of thiol groups is 1. The molecular weight excluding hydrogens is 311 g/mol. The lowest BCUT2D eigenvalue weighted by atomic mass is 10.00. The minimum atomic E-state index is -0.363. The van der Waals surface area contributed by atoms with Gasteiger partial charge in [0.25, 0.3) is 0 Å². The molecule has 0 unspecified atom stereocenters. The van der Waals surface area contributed by atoms with Crippen molar-refractivity contribution in [1.29, 1.82) is 0 Å². The summed E-state index contributed by atoms with van der Waals surface area (Å²) in [4.78, 5) is 3.90. The Labute approximate surface area is 131 Å². The van der Waals surface area contributed by atoms with Crippen molar-refractivity contribution in [2.75, 3.05) is 0 Å². The molecule has 0 saturated heterocycles. The highest BCUT2D eigenvalue weighted by Gasteiger charge is 2.15. The number of aromatic nitrogens is 4. The van der Waals surface area contributed by atoms with Gasteiger partial charge in [0.05, 0.1) is 0 Å². The van der Waals surface area contributed by atoms with E-state index in [1.54, 1.807) is 23.7 Å². The average Bonchev–Trinajstić information content (AvgIpc) is 2.79. The first-order valence-corrected chi connectivity index (χ1v) is 6.80. The lowest BCUT2D eigenvalue weighted by molar-refractivity contribution is 0.628. The first-order chi connectivity index (χ1) is 10.1. The van der Waals surface area contributed by atoms with Crippen LogP contribution in [0.5, 0.6) is 0 Å². The molecule has 0 amide bonds. The Kier molecular flexibility index (Phi) is 3.65.